The number of alkyl halides is 3. The van der Waals surface area contributed by atoms with E-state index >= 15 is 4.39 Å². The summed E-state index contributed by atoms with van der Waals surface area (Å²) in [6.07, 6.45) is -6.63. The van der Waals surface area contributed by atoms with Crippen LogP contribution in [0.5, 0.6) is 0 Å². The van der Waals surface area contributed by atoms with Crippen molar-refractivity contribution in [1.82, 2.24) is 19.9 Å². The maximum absolute atomic E-state index is 16.0. The first-order chi connectivity index (χ1) is 18.0. The van der Waals surface area contributed by atoms with Crippen molar-refractivity contribution in [2.24, 2.45) is 0 Å². The number of carbonyl (C=O) groups is 1. The van der Waals surface area contributed by atoms with Gasteiger partial charge in [0.05, 0.1) is 21.8 Å². The van der Waals surface area contributed by atoms with Crippen molar-refractivity contribution >= 4 is 34.4 Å². The Hall–Kier alpha value is -3.28. The number of ether oxygens (including phenoxy) is 1. The van der Waals surface area contributed by atoms with E-state index in [0.29, 0.717) is 0 Å². The molecule has 13 heteroatoms. The summed E-state index contributed by atoms with van der Waals surface area (Å²) >= 11 is 6.40. The summed E-state index contributed by atoms with van der Waals surface area (Å²) in [4.78, 5) is 27.1. The molecule has 1 saturated heterocycles. The van der Waals surface area contributed by atoms with Crippen LogP contribution in [0.25, 0.3) is 22.2 Å². The molecule has 0 saturated carbocycles. The van der Waals surface area contributed by atoms with Gasteiger partial charge in [-0.15, -0.1) is 0 Å². The van der Waals surface area contributed by atoms with E-state index in [0.717, 1.165) is 0 Å². The van der Waals surface area contributed by atoms with E-state index in [9.17, 15) is 22.4 Å². The Bertz CT molecular complexity index is 1460. The zero-order valence-electron chi connectivity index (χ0n) is 22.2. The number of halogens is 6. The van der Waals surface area contributed by atoms with Gasteiger partial charge in [-0.2, -0.15) is 27.5 Å². The molecule has 1 aromatic carbocycles. The van der Waals surface area contributed by atoms with Gasteiger partial charge in [-0.05, 0) is 59.2 Å². The second-order valence-electron chi connectivity index (χ2n) is 10.5. The number of hydrogen-bond acceptors (Lipinski definition) is 6. The minimum absolute atomic E-state index is 0.00520. The van der Waals surface area contributed by atoms with Gasteiger partial charge in [-0.25, -0.2) is 9.18 Å². The van der Waals surface area contributed by atoms with Gasteiger partial charge in [-0.1, -0.05) is 11.6 Å². The van der Waals surface area contributed by atoms with Crippen molar-refractivity contribution in [2.45, 2.75) is 59.4 Å². The van der Waals surface area contributed by atoms with Crippen molar-refractivity contribution in [3.63, 3.8) is 0 Å². The SMILES string of the molecule is Cc1cc(C)c(C(F)(F)F)c(-c2c(Cl)cc3c(N4CCN(C(=O)OC(C)(C)C)C[C@@H]4C)nc(F)nc3c2F)n1. The topological polar surface area (TPSA) is 71.5 Å². The maximum Gasteiger partial charge on any atom is 0.418 e. The molecule has 0 unspecified atom stereocenters. The molecule has 0 aliphatic carbocycles. The third-order valence-corrected chi connectivity index (χ3v) is 6.55. The Balaban J connectivity index is 1.82. The van der Waals surface area contributed by atoms with E-state index in [1.165, 1.54) is 30.9 Å². The van der Waals surface area contributed by atoms with Gasteiger partial charge in [0.2, 0.25) is 0 Å². The number of nitrogens with zero attached hydrogens (tertiary/aromatic N) is 5. The lowest BCUT2D eigenvalue weighted by atomic mass is 9.98. The van der Waals surface area contributed by atoms with E-state index in [1.807, 2.05) is 0 Å². The predicted molar refractivity (Wildman–Crippen MR) is 137 cm³/mol. The minimum Gasteiger partial charge on any atom is -0.444 e. The van der Waals surface area contributed by atoms with Crippen LogP contribution in [0.2, 0.25) is 5.02 Å². The molecule has 0 N–H and O–H groups in total. The van der Waals surface area contributed by atoms with Crippen LogP contribution in [0.3, 0.4) is 0 Å². The fourth-order valence-electron chi connectivity index (χ4n) is 4.73. The Morgan fingerprint density at radius 1 is 1.08 bits per heavy atom. The van der Waals surface area contributed by atoms with Gasteiger partial charge in [0.15, 0.2) is 5.82 Å². The van der Waals surface area contributed by atoms with Gasteiger partial charge >= 0.3 is 18.3 Å². The number of fused-ring (bicyclic) bond motifs is 1. The highest BCUT2D eigenvalue weighted by atomic mass is 35.5. The molecule has 3 aromatic rings. The van der Waals surface area contributed by atoms with Crippen LogP contribution in [0, 0.1) is 25.7 Å². The first-order valence-corrected chi connectivity index (χ1v) is 12.5. The van der Waals surface area contributed by atoms with Crippen LogP contribution < -0.4 is 4.90 Å². The van der Waals surface area contributed by atoms with E-state index in [2.05, 4.69) is 15.0 Å². The van der Waals surface area contributed by atoms with Crippen molar-refractivity contribution in [1.29, 1.82) is 0 Å². The van der Waals surface area contributed by atoms with Crippen LogP contribution in [-0.2, 0) is 10.9 Å². The van der Waals surface area contributed by atoms with Crippen molar-refractivity contribution in [3.8, 4) is 11.3 Å². The fourth-order valence-corrected chi connectivity index (χ4v) is 5.01. The number of aryl methyl sites for hydroxylation is 2. The molecule has 2 aromatic heterocycles. The van der Waals surface area contributed by atoms with Crippen LogP contribution in [-0.4, -0.2) is 57.2 Å². The normalized spacial score (nSPS) is 16.7. The Labute approximate surface area is 226 Å². The number of benzene rings is 1. The Morgan fingerprint density at radius 3 is 2.33 bits per heavy atom. The number of amides is 1. The molecule has 39 heavy (non-hydrogen) atoms. The summed E-state index contributed by atoms with van der Waals surface area (Å²) in [6, 6.07) is 2.05. The second-order valence-corrected chi connectivity index (χ2v) is 10.9. The molecule has 4 rings (SSSR count). The highest BCUT2D eigenvalue weighted by molar-refractivity contribution is 6.34. The van der Waals surface area contributed by atoms with Crippen molar-refractivity contribution < 1.29 is 31.5 Å². The van der Waals surface area contributed by atoms with Crippen LogP contribution >= 0.6 is 11.6 Å². The number of aromatic nitrogens is 3. The monoisotopic (exact) mass is 571 g/mol. The summed E-state index contributed by atoms with van der Waals surface area (Å²) in [5.41, 5.74) is -3.64. The third-order valence-electron chi connectivity index (χ3n) is 6.25. The summed E-state index contributed by atoms with van der Waals surface area (Å²) in [5.74, 6) is -1.24. The van der Waals surface area contributed by atoms with Crippen molar-refractivity contribution in [2.75, 3.05) is 24.5 Å². The first kappa shape index (κ1) is 28.7. The van der Waals surface area contributed by atoms with Crippen LogP contribution in [0.15, 0.2) is 12.1 Å². The average Bonchev–Trinajstić information content (AvgIpc) is 2.77. The number of carbonyl (C=O) groups excluding carboxylic acids is 1. The highest BCUT2D eigenvalue weighted by Gasteiger charge is 2.39. The lowest BCUT2D eigenvalue weighted by molar-refractivity contribution is -0.137. The minimum atomic E-state index is -4.85. The average molecular weight is 572 g/mol. The summed E-state index contributed by atoms with van der Waals surface area (Å²) in [5, 5.41) is -0.349. The van der Waals surface area contributed by atoms with Crippen LogP contribution in [0.1, 0.15) is 44.5 Å². The largest absolute Gasteiger partial charge is 0.444 e. The highest BCUT2D eigenvalue weighted by Crippen LogP contribution is 2.44. The molecule has 3 heterocycles. The van der Waals surface area contributed by atoms with Crippen LogP contribution in [0.4, 0.5) is 32.6 Å². The number of rotatable bonds is 2. The van der Waals surface area contributed by atoms with Gasteiger partial charge in [0, 0.05) is 36.8 Å². The molecule has 1 amide bonds. The van der Waals surface area contributed by atoms with Crippen molar-refractivity contribution in [3.05, 3.63) is 45.9 Å². The maximum atomic E-state index is 16.0. The molecule has 210 valence electrons. The molecule has 0 spiro atoms. The Kier molecular flexibility index (Phi) is 7.39. The summed E-state index contributed by atoms with van der Waals surface area (Å²) in [7, 11) is 0. The van der Waals surface area contributed by atoms with Gasteiger partial charge < -0.3 is 14.5 Å². The molecule has 1 atom stereocenters. The van der Waals surface area contributed by atoms with E-state index in [4.69, 9.17) is 16.3 Å². The number of anilines is 1. The lowest BCUT2D eigenvalue weighted by Crippen LogP contribution is -2.55. The quantitative estimate of drug-likeness (QED) is 0.252. The van der Waals surface area contributed by atoms with Gasteiger partial charge in [0.25, 0.3) is 0 Å². The molecule has 0 bridgehead atoms. The number of pyridine rings is 1. The van der Waals surface area contributed by atoms with E-state index in [-0.39, 0.29) is 47.1 Å². The van der Waals surface area contributed by atoms with E-state index in [1.54, 1.807) is 32.6 Å². The summed E-state index contributed by atoms with van der Waals surface area (Å²) < 4.78 is 77.9. The second kappa shape index (κ2) is 10.0. The molecular weight excluding hydrogens is 545 g/mol. The van der Waals surface area contributed by atoms with Gasteiger partial charge in [-0.3, -0.25) is 4.98 Å². The third kappa shape index (κ3) is 5.70. The molecule has 0 radical (unpaired) electrons. The zero-order valence-corrected chi connectivity index (χ0v) is 22.9. The fraction of sp³-hybridized carbons (Fsp3) is 0.462. The van der Waals surface area contributed by atoms with Gasteiger partial charge in [0.1, 0.15) is 16.9 Å². The summed E-state index contributed by atoms with van der Waals surface area (Å²) in [6.45, 7) is 10.3. The Morgan fingerprint density at radius 2 is 1.74 bits per heavy atom. The lowest BCUT2D eigenvalue weighted by Gasteiger charge is -2.41. The molecule has 7 nitrogen and oxygen atoms in total. The molecular formula is C26H27ClF5N5O2. The number of hydrogen-bond donors (Lipinski definition) is 0. The predicted octanol–water partition coefficient (Wildman–Crippen LogP) is 6.70. The standard InChI is InChI=1S/C26H27ClF5N5O2/c1-12-9-13(2)33-21(18(12)26(30,31)32)17-16(27)10-15-20(19(17)28)34-23(29)35-22(15)37-8-7-36(11-14(37)3)24(38)39-25(4,5)6/h9-10,14H,7-8,11H2,1-6H3/t14-/m0/s1. The first-order valence-electron chi connectivity index (χ1n) is 12.1. The number of piperazine rings is 1. The molecule has 1 aliphatic heterocycles. The van der Waals surface area contributed by atoms with E-state index < -0.39 is 58.1 Å². The zero-order chi connectivity index (χ0) is 29.0. The smallest absolute Gasteiger partial charge is 0.418 e. The molecule has 1 aliphatic rings. The molecule has 1 fully saturated rings.